The molecule has 0 aliphatic carbocycles. The second-order valence-electron chi connectivity index (χ2n) is 4.30. The Kier molecular flexibility index (Phi) is 4.42. The molecule has 0 unspecified atom stereocenters. The van der Waals surface area contributed by atoms with E-state index in [0.717, 1.165) is 24.3 Å². The predicted molar refractivity (Wildman–Crippen MR) is 70.1 cm³/mol. The Morgan fingerprint density at radius 1 is 0.833 bits per heavy atom. The second kappa shape index (κ2) is 6.03. The molecule has 12 heteroatoms. The highest BCUT2D eigenvalue weighted by molar-refractivity contribution is 7.92. The number of hydrogen-bond donors (Lipinski definition) is 1. The fourth-order valence-corrected chi connectivity index (χ4v) is 2.69. The first kappa shape index (κ1) is 17.6. The molecular weight excluding hydrogens is 363 g/mol. The predicted octanol–water partition coefficient (Wildman–Crippen LogP) is 3.09. The third kappa shape index (κ3) is 2.99. The van der Waals surface area contributed by atoms with Gasteiger partial charge in [0.15, 0.2) is 23.3 Å². The Bertz CT molecular complexity index is 902. The van der Waals surface area contributed by atoms with Crippen molar-refractivity contribution in [1.82, 2.24) is 0 Å². The van der Waals surface area contributed by atoms with Gasteiger partial charge in [-0.15, -0.1) is 0 Å². The number of hydrogen-bond acceptors (Lipinski definition) is 4. The van der Waals surface area contributed by atoms with E-state index < -0.39 is 60.3 Å². The van der Waals surface area contributed by atoms with E-state index in [-0.39, 0.29) is 0 Å². The molecule has 6 nitrogen and oxygen atoms in total. The van der Waals surface area contributed by atoms with Gasteiger partial charge in [0, 0.05) is 12.1 Å². The highest BCUT2D eigenvalue weighted by Crippen LogP contribution is 2.29. The van der Waals surface area contributed by atoms with Crippen molar-refractivity contribution in [3.05, 3.63) is 63.5 Å². The van der Waals surface area contributed by atoms with Crippen molar-refractivity contribution in [2.24, 2.45) is 0 Å². The summed E-state index contributed by atoms with van der Waals surface area (Å²) in [5, 5.41) is 10.5. The van der Waals surface area contributed by atoms with Crippen molar-refractivity contribution >= 4 is 21.4 Å². The van der Waals surface area contributed by atoms with E-state index in [0.29, 0.717) is 0 Å². The molecule has 0 saturated carbocycles. The molecule has 0 atom stereocenters. The van der Waals surface area contributed by atoms with Crippen LogP contribution in [0.5, 0.6) is 0 Å². The smallest absolute Gasteiger partial charge is 0.269 e. The minimum Gasteiger partial charge on any atom is -0.274 e. The lowest BCUT2D eigenvalue weighted by molar-refractivity contribution is -0.384. The van der Waals surface area contributed by atoms with Crippen LogP contribution in [0.3, 0.4) is 0 Å². The topological polar surface area (TPSA) is 89.3 Å². The van der Waals surface area contributed by atoms with E-state index in [4.69, 9.17) is 0 Å². The maximum absolute atomic E-state index is 13.5. The summed E-state index contributed by atoms with van der Waals surface area (Å²) in [6.07, 6.45) is 0. The van der Waals surface area contributed by atoms with Crippen LogP contribution in [-0.4, -0.2) is 13.3 Å². The van der Waals surface area contributed by atoms with E-state index >= 15 is 0 Å². The molecule has 0 spiro atoms. The van der Waals surface area contributed by atoms with Crippen LogP contribution in [0.15, 0.2) is 29.2 Å². The Hall–Kier alpha value is -2.76. The minimum atomic E-state index is -4.76. The van der Waals surface area contributed by atoms with Gasteiger partial charge in [-0.1, -0.05) is 0 Å². The molecule has 0 radical (unpaired) electrons. The summed E-state index contributed by atoms with van der Waals surface area (Å²) >= 11 is 0. The van der Waals surface area contributed by atoms with Gasteiger partial charge in [-0.25, -0.2) is 30.4 Å². The van der Waals surface area contributed by atoms with Gasteiger partial charge in [-0.2, -0.15) is 0 Å². The number of halogens is 5. The Morgan fingerprint density at radius 3 is 1.67 bits per heavy atom. The zero-order valence-electron chi connectivity index (χ0n) is 11.2. The molecule has 24 heavy (non-hydrogen) atoms. The summed E-state index contributed by atoms with van der Waals surface area (Å²) < 4.78 is 91.1. The van der Waals surface area contributed by atoms with Crippen molar-refractivity contribution in [3.8, 4) is 0 Å². The molecule has 0 aliphatic heterocycles. The molecule has 0 bridgehead atoms. The zero-order valence-corrected chi connectivity index (χ0v) is 12.0. The van der Waals surface area contributed by atoms with E-state index in [2.05, 4.69) is 0 Å². The molecule has 0 saturated heterocycles. The van der Waals surface area contributed by atoms with Gasteiger partial charge in [0.1, 0.15) is 5.69 Å². The average Bonchev–Trinajstić information content (AvgIpc) is 2.55. The van der Waals surface area contributed by atoms with Crippen LogP contribution < -0.4 is 4.72 Å². The Labute approximate surface area is 130 Å². The van der Waals surface area contributed by atoms with Crippen LogP contribution in [0.4, 0.5) is 33.3 Å². The standard InChI is InChI=1S/C12H5F5N2O4S/c13-7-8(14)10(16)12(11(17)9(7)15)18-24(22,23)6-3-1-5(2-4-6)19(20)21/h1-4,18H. The van der Waals surface area contributed by atoms with Gasteiger partial charge in [0.05, 0.1) is 9.82 Å². The second-order valence-corrected chi connectivity index (χ2v) is 5.98. The van der Waals surface area contributed by atoms with Crippen LogP contribution in [0, 0.1) is 39.2 Å². The number of nitrogens with zero attached hydrogens (tertiary/aromatic N) is 1. The van der Waals surface area contributed by atoms with E-state index in [1.54, 1.807) is 0 Å². The number of nitro benzene ring substituents is 1. The lowest BCUT2D eigenvalue weighted by atomic mass is 10.2. The number of non-ortho nitro benzene ring substituents is 1. The van der Waals surface area contributed by atoms with Gasteiger partial charge >= 0.3 is 0 Å². The Morgan fingerprint density at radius 2 is 1.25 bits per heavy atom. The highest BCUT2D eigenvalue weighted by Gasteiger charge is 2.29. The number of sulfonamides is 1. The molecule has 0 heterocycles. The van der Waals surface area contributed by atoms with Crippen LogP contribution in [0.2, 0.25) is 0 Å². The Balaban J connectivity index is 2.49. The normalized spacial score (nSPS) is 11.4. The fraction of sp³-hybridized carbons (Fsp3) is 0. The average molecular weight is 368 g/mol. The first-order valence-corrected chi connectivity index (χ1v) is 7.33. The van der Waals surface area contributed by atoms with Gasteiger partial charge in [-0.05, 0) is 12.1 Å². The molecule has 2 aromatic carbocycles. The molecule has 0 aliphatic rings. The number of nitro groups is 1. The lowest BCUT2D eigenvalue weighted by Crippen LogP contribution is -2.17. The molecule has 128 valence electrons. The molecule has 0 fully saturated rings. The quantitative estimate of drug-likeness (QED) is 0.295. The first-order valence-electron chi connectivity index (χ1n) is 5.85. The lowest BCUT2D eigenvalue weighted by Gasteiger charge is -2.11. The van der Waals surface area contributed by atoms with Gasteiger partial charge in [0.25, 0.3) is 15.7 Å². The third-order valence-electron chi connectivity index (χ3n) is 2.80. The van der Waals surface area contributed by atoms with Crippen LogP contribution in [0.25, 0.3) is 0 Å². The summed E-state index contributed by atoms with van der Waals surface area (Å²) in [6, 6.07) is 3.03. The maximum Gasteiger partial charge on any atom is 0.269 e. The number of anilines is 1. The number of benzene rings is 2. The fourth-order valence-electron chi connectivity index (χ4n) is 1.63. The van der Waals surface area contributed by atoms with Crippen LogP contribution >= 0.6 is 0 Å². The van der Waals surface area contributed by atoms with Crippen molar-refractivity contribution in [3.63, 3.8) is 0 Å². The number of nitrogens with one attached hydrogen (secondary N) is 1. The van der Waals surface area contributed by atoms with Crippen molar-refractivity contribution in [2.75, 3.05) is 4.72 Å². The molecule has 2 aromatic rings. The largest absolute Gasteiger partial charge is 0.274 e. The van der Waals surface area contributed by atoms with E-state index in [1.165, 1.54) is 4.72 Å². The molecular formula is C12H5F5N2O4S. The summed E-state index contributed by atoms with van der Waals surface area (Å²) in [4.78, 5) is 8.96. The monoisotopic (exact) mass is 368 g/mol. The van der Waals surface area contributed by atoms with Gasteiger partial charge in [0.2, 0.25) is 5.82 Å². The number of rotatable bonds is 4. The molecule has 2 rings (SSSR count). The SMILES string of the molecule is O=[N+]([O-])c1ccc(S(=O)(=O)Nc2c(F)c(F)c(F)c(F)c2F)cc1. The third-order valence-corrected chi connectivity index (χ3v) is 4.17. The molecule has 1 N–H and O–H groups in total. The van der Waals surface area contributed by atoms with Gasteiger partial charge in [-0.3, -0.25) is 14.8 Å². The first-order chi connectivity index (χ1) is 11.1. The molecule has 0 amide bonds. The van der Waals surface area contributed by atoms with Crippen molar-refractivity contribution in [2.45, 2.75) is 4.90 Å². The summed E-state index contributed by atoms with van der Waals surface area (Å²) in [5.41, 5.74) is -2.23. The van der Waals surface area contributed by atoms with Crippen molar-refractivity contribution in [1.29, 1.82) is 0 Å². The van der Waals surface area contributed by atoms with Crippen molar-refractivity contribution < 1.29 is 35.3 Å². The maximum atomic E-state index is 13.5. The van der Waals surface area contributed by atoms with Gasteiger partial charge < -0.3 is 0 Å². The van der Waals surface area contributed by atoms with Crippen LogP contribution in [0.1, 0.15) is 0 Å². The van der Waals surface area contributed by atoms with Crippen LogP contribution in [-0.2, 0) is 10.0 Å². The summed E-state index contributed by atoms with van der Waals surface area (Å²) in [7, 11) is -4.76. The van der Waals surface area contributed by atoms with E-state index in [1.807, 2.05) is 0 Å². The van der Waals surface area contributed by atoms with E-state index in [9.17, 15) is 40.5 Å². The zero-order chi connectivity index (χ0) is 18.2. The minimum absolute atomic E-state index is 0.467. The summed E-state index contributed by atoms with van der Waals surface area (Å²) in [6.45, 7) is 0. The summed E-state index contributed by atoms with van der Waals surface area (Å²) in [5.74, 6) is -11.8. The highest BCUT2D eigenvalue weighted by atomic mass is 32.2. The molecule has 0 aromatic heterocycles.